The molecule has 3 atom stereocenters. The number of anilines is 2. The van der Waals surface area contributed by atoms with Crippen molar-refractivity contribution >= 4 is 36.0 Å². The summed E-state index contributed by atoms with van der Waals surface area (Å²) in [6.45, 7) is 3.23. The second kappa shape index (κ2) is 8.05. The van der Waals surface area contributed by atoms with Gasteiger partial charge in [0, 0.05) is 44.5 Å². The van der Waals surface area contributed by atoms with Gasteiger partial charge in [-0.15, -0.1) is 0 Å². The molecule has 1 aliphatic heterocycles. The van der Waals surface area contributed by atoms with E-state index in [-0.39, 0.29) is 24.6 Å². The lowest BCUT2D eigenvalue weighted by molar-refractivity contribution is 0.0694. The van der Waals surface area contributed by atoms with Crippen LogP contribution in [0.15, 0.2) is 11.0 Å². The number of pyridine rings is 1. The zero-order chi connectivity index (χ0) is 24.4. The number of benzene rings is 1. The monoisotopic (exact) mass is 486 g/mol. The lowest BCUT2D eigenvalue weighted by Gasteiger charge is -2.45. The first-order valence-corrected chi connectivity index (χ1v) is 11.9. The van der Waals surface area contributed by atoms with E-state index in [9.17, 15) is 24.2 Å². The van der Waals surface area contributed by atoms with Gasteiger partial charge in [0.1, 0.15) is 11.3 Å². The predicted octanol–water partition coefficient (Wildman–Crippen LogP) is 2.54. The fourth-order valence-electron chi connectivity index (χ4n) is 4.71. The lowest BCUT2D eigenvalue weighted by Crippen LogP contribution is -2.55. The quantitative estimate of drug-likeness (QED) is 0.430. The SMILES string of the molecule is COP(=O)(O)N1[C@H](C)CN(c2c(F)c(N)c3c(=O)c(C(=O)O)cn(C4CC4)c3c2F)C[C@@H]1C. The molecule has 0 amide bonds. The summed E-state index contributed by atoms with van der Waals surface area (Å²) < 4.78 is 51.1. The van der Waals surface area contributed by atoms with E-state index < -0.39 is 65.2 Å². The van der Waals surface area contributed by atoms with Gasteiger partial charge < -0.3 is 29.7 Å². The molecule has 0 spiro atoms. The van der Waals surface area contributed by atoms with Gasteiger partial charge in [-0.05, 0) is 26.7 Å². The highest BCUT2D eigenvalue weighted by Gasteiger charge is 2.43. The van der Waals surface area contributed by atoms with Crippen LogP contribution in [0.5, 0.6) is 0 Å². The number of nitrogen functional groups attached to an aromatic ring is 1. The van der Waals surface area contributed by atoms with Gasteiger partial charge in [-0.2, -0.15) is 4.67 Å². The largest absolute Gasteiger partial charge is 0.477 e. The third-order valence-electron chi connectivity index (χ3n) is 6.25. The first-order chi connectivity index (χ1) is 15.4. The number of hydrogen-bond donors (Lipinski definition) is 3. The molecule has 1 aromatic heterocycles. The van der Waals surface area contributed by atoms with E-state index in [1.165, 1.54) is 14.1 Å². The molecule has 180 valence electrons. The lowest BCUT2D eigenvalue weighted by atomic mass is 10.0. The van der Waals surface area contributed by atoms with Crippen LogP contribution in [0.2, 0.25) is 0 Å². The highest BCUT2D eigenvalue weighted by Crippen LogP contribution is 2.50. The zero-order valence-electron chi connectivity index (χ0n) is 18.3. The van der Waals surface area contributed by atoms with Gasteiger partial charge in [0.05, 0.1) is 16.6 Å². The van der Waals surface area contributed by atoms with Crippen molar-refractivity contribution in [3.8, 4) is 0 Å². The molecule has 1 unspecified atom stereocenters. The van der Waals surface area contributed by atoms with Gasteiger partial charge in [0.2, 0.25) is 5.43 Å². The number of piperazine rings is 1. The van der Waals surface area contributed by atoms with Crippen LogP contribution in [0.4, 0.5) is 20.2 Å². The van der Waals surface area contributed by atoms with Crippen LogP contribution < -0.4 is 16.1 Å². The molecule has 1 saturated carbocycles. The molecule has 4 N–H and O–H groups in total. The molecule has 2 aliphatic rings. The van der Waals surface area contributed by atoms with Crippen molar-refractivity contribution in [3.63, 3.8) is 0 Å². The first-order valence-electron chi connectivity index (χ1n) is 10.4. The van der Waals surface area contributed by atoms with E-state index in [4.69, 9.17) is 10.3 Å². The fourth-order valence-corrected chi connectivity index (χ4v) is 6.04. The Bertz CT molecular complexity index is 1250. The fraction of sp³-hybridized carbons (Fsp3) is 0.500. The molecule has 2 aromatic rings. The Balaban J connectivity index is 1.91. The van der Waals surface area contributed by atoms with E-state index in [2.05, 4.69) is 0 Å². The number of aromatic nitrogens is 1. The molecule has 2 fully saturated rings. The zero-order valence-corrected chi connectivity index (χ0v) is 19.2. The number of hydrogen-bond acceptors (Lipinski definition) is 6. The highest BCUT2D eigenvalue weighted by atomic mass is 31.2. The minimum atomic E-state index is -4.09. The third kappa shape index (κ3) is 3.71. The summed E-state index contributed by atoms with van der Waals surface area (Å²) in [4.78, 5) is 35.8. The topological polar surface area (TPSA) is 138 Å². The molecule has 1 aliphatic carbocycles. The molecule has 10 nitrogen and oxygen atoms in total. The number of nitrogens with zero attached hydrogens (tertiary/aromatic N) is 3. The highest BCUT2D eigenvalue weighted by molar-refractivity contribution is 7.50. The standard InChI is InChI=1S/C20H25F2N4O6P/c1-9-6-24(7-10(2)26(9)33(30,31)32-3)18-14(21)16(23)13-17(15(18)22)25(11-4-5-11)8-12(19(13)27)20(28)29/h8-11H,4-7,23H2,1-3H3,(H,28,29)(H,30,31)/t9-,10+. The number of halogens is 2. The van der Waals surface area contributed by atoms with Crippen molar-refractivity contribution in [2.24, 2.45) is 0 Å². The molecular formula is C20H25F2N4O6P. The average Bonchev–Trinajstić information content (AvgIpc) is 3.56. The minimum Gasteiger partial charge on any atom is -0.477 e. The van der Waals surface area contributed by atoms with E-state index >= 15 is 8.78 Å². The van der Waals surface area contributed by atoms with Crippen LogP contribution in [0.25, 0.3) is 10.9 Å². The normalized spacial score (nSPS) is 23.6. The first kappa shape index (κ1) is 23.6. The Labute approximate surface area is 187 Å². The van der Waals surface area contributed by atoms with E-state index in [0.29, 0.717) is 12.8 Å². The van der Waals surface area contributed by atoms with Gasteiger partial charge in [0.25, 0.3) is 0 Å². The second-order valence-electron chi connectivity index (χ2n) is 8.59. The molecule has 1 aromatic carbocycles. The summed E-state index contributed by atoms with van der Waals surface area (Å²) in [5.74, 6) is -3.70. The number of nitrogens with two attached hydrogens (primary N) is 1. The molecule has 33 heavy (non-hydrogen) atoms. The molecule has 2 heterocycles. The number of carboxylic acids is 1. The van der Waals surface area contributed by atoms with Crippen molar-refractivity contribution in [2.45, 2.75) is 44.8 Å². The van der Waals surface area contributed by atoms with Crippen LogP contribution in [0.1, 0.15) is 43.1 Å². The van der Waals surface area contributed by atoms with Crippen LogP contribution >= 0.6 is 7.75 Å². The number of aromatic carboxylic acids is 1. The van der Waals surface area contributed by atoms with Crippen molar-refractivity contribution in [1.82, 2.24) is 9.24 Å². The van der Waals surface area contributed by atoms with Crippen LogP contribution in [0, 0.1) is 11.6 Å². The maximum Gasteiger partial charge on any atom is 0.405 e. The number of rotatable bonds is 5. The van der Waals surface area contributed by atoms with Crippen LogP contribution in [-0.2, 0) is 9.09 Å². The van der Waals surface area contributed by atoms with Crippen LogP contribution in [0.3, 0.4) is 0 Å². The Morgan fingerprint density at radius 1 is 1.21 bits per heavy atom. The summed E-state index contributed by atoms with van der Waals surface area (Å²) in [6, 6.07) is -1.45. The Kier molecular flexibility index (Phi) is 5.76. The van der Waals surface area contributed by atoms with E-state index in [0.717, 1.165) is 13.3 Å². The maximum absolute atomic E-state index is 15.9. The molecule has 13 heteroatoms. The molecule has 1 saturated heterocycles. The summed E-state index contributed by atoms with van der Waals surface area (Å²) in [5, 5.41) is 8.90. The van der Waals surface area contributed by atoms with Crippen molar-refractivity contribution in [1.29, 1.82) is 0 Å². The molecule has 0 radical (unpaired) electrons. The van der Waals surface area contributed by atoms with Crippen molar-refractivity contribution in [3.05, 3.63) is 33.6 Å². The maximum atomic E-state index is 15.9. The Hall–Kier alpha value is -2.53. The minimum absolute atomic E-state index is 0.0160. The summed E-state index contributed by atoms with van der Waals surface area (Å²) in [6.07, 6.45) is 2.38. The summed E-state index contributed by atoms with van der Waals surface area (Å²) >= 11 is 0. The number of carboxylic acid groups (broad SMARTS) is 1. The Morgan fingerprint density at radius 3 is 2.27 bits per heavy atom. The summed E-state index contributed by atoms with van der Waals surface area (Å²) in [5.41, 5.74) is 2.96. The number of fused-ring (bicyclic) bond motifs is 1. The molecule has 0 bridgehead atoms. The Morgan fingerprint density at radius 2 is 1.79 bits per heavy atom. The van der Waals surface area contributed by atoms with Crippen molar-refractivity contribution < 1.29 is 32.7 Å². The van der Waals surface area contributed by atoms with Gasteiger partial charge in [-0.3, -0.25) is 4.79 Å². The van der Waals surface area contributed by atoms with Crippen molar-refractivity contribution in [2.75, 3.05) is 30.8 Å². The van der Waals surface area contributed by atoms with Gasteiger partial charge in [-0.1, -0.05) is 0 Å². The third-order valence-corrected chi connectivity index (χ3v) is 8.10. The predicted molar refractivity (Wildman–Crippen MR) is 118 cm³/mol. The molecule has 4 rings (SSSR count). The van der Waals surface area contributed by atoms with Gasteiger partial charge in [-0.25, -0.2) is 18.1 Å². The number of carbonyl (C=O) groups is 1. The van der Waals surface area contributed by atoms with E-state index in [1.54, 1.807) is 13.8 Å². The van der Waals surface area contributed by atoms with Gasteiger partial charge >= 0.3 is 13.7 Å². The molecular weight excluding hydrogens is 461 g/mol. The second-order valence-corrected chi connectivity index (χ2v) is 10.4. The van der Waals surface area contributed by atoms with Gasteiger partial charge in [0.15, 0.2) is 11.6 Å². The van der Waals surface area contributed by atoms with Crippen LogP contribution in [-0.4, -0.2) is 57.5 Å². The average molecular weight is 486 g/mol. The van der Waals surface area contributed by atoms with E-state index in [1.807, 2.05) is 0 Å². The summed E-state index contributed by atoms with van der Waals surface area (Å²) in [7, 11) is -2.98. The smallest absolute Gasteiger partial charge is 0.405 e.